The van der Waals surface area contributed by atoms with E-state index in [0.717, 1.165) is 54.8 Å². The first-order valence-electron chi connectivity index (χ1n) is 46.3. The maximum atomic E-state index is 13.7. The SMILES string of the molecule is CN1C(C)(C)CC(OC(=O)c2cc(F)c(F)c(F)c2)CC1(C)C.CN1C(C)(C)CC(OC(=O)c2cc(F)c(F)c(F)c2F)CC1(C)C.CN1C(C)(C)CC(OC(=O)c2ccc(F)c(F)c2F)CC1(C)C.CN1C(C)(C)CC(OC(=O)c2cccc(C(F)(F)F)c2)CC1(C)C.CN1C(C)(C)CC(OC(=O)c2ccccc2C(F)(F)F)CC1(C)C.Cc1ccc(C(=O)OC2CC(C)(C)N(C)C(C)(C)C2)cc1. The third-order valence-electron chi connectivity index (χ3n) is 29.2. The second-order valence-electron chi connectivity index (χ2n) is 45.0. The molecule has 0 aromatic heterocycles. The first kappa shape index (κ1) is 117. The lowest BCUT2D eigenvalue weighted by Gasteiger charge is -2.53. The quantitative estimate of drug-likeness (QED) is 0.0371. The minimum absolute atomic E-state index is 0.0278. The summed E-state index contributed by atoms with van der Waals surface area (Å²) < 4.78 is 243. The molecule has 6 heterocycles. The zero-order chi connectivity index (χ0) is 106. The summed E-state index contributed by atoms with van der Waals surface area (Å²) in [6.07, 6.45) is -3.71. The summed E-state index contributed by atoms with van der Waals surface area (Å²) in [6, 6.07) is 19.9. The van der Waals surface area contributed by atoms with E-state index in [1.54, 1.807) is 0 Å². The molecule has 6 fully saturated rings. The van der Waals surface area contributed by atoms with E-state index >= 15 is 0 Å². The van der Waals surface area contributed by atoms with E-state index in [1.165, 1.54) is 24.3 Å². The molecule has 6 saturated heterocycles. The molecule has 6 aliphatic heterocycles. The number of halogens is 16. The van der Waals surface area contributed by atoms with Crippen LogP contribution in [0.15, 0.2) is 103 Å². The van der Waals surface area contributed by atoms with Crippen molar-refractivity contribution in [2.75, 3.05) is 42.3 Å². The van der Waals surface area contributed by atoms with Crippen molar-refractivity contribution in [3.8, 4) is 0 Å². The summed E-state index contributed by atoms with van der Waals surface area (Å²) in [5.41, 5.74) is -4.45. The highest BCUT2D eigenvalue weighted by atomic mass is 19.4. The van der Waals surface area contributed by atoms with Gasteiger partial charge in [0.05, 0.1) is 38.9 Å². The highest BCUT2D eigenvalue weighted by Gasteiger charge is 2.52. The number of esters is 6. The molecule has 6 aliphatic rings. The van der Waals surface area contributed by atoms with E-state index in [-0.39, 0.29) is 102 Å². The molecule has 0 saturated carbocycles. The fourth-order valence-electron chi connectivity index (χ4n) is 20.0. The van der Waals surface area contributed by atoms with E-state index < -0.39 is 147 Å². The summed E-state index contributed by atoms with van der Waals surface area (Å²) in [4.78, 5) is 86.8. The van der Waals surface area contributed by atoms with Gasteiger partial charge in [-0.05, 0) is 288 Å². The van der Waals surface area contributed by atoms with Gasteiger partial charge in [-0.3, -0.25) is 29.4 Å². The van der Waals surface area contributed by atoms with Crippen LogP contribution in [-0.4, -0.2) is 211 Å². The lowest BCUT2D eigenvalue weighted by Crippen LogP contribution is -2.60. The molecule has 0 radical (unpaired) electrons. The number of benzene rings is 6. The highest BCUT2D eigenvalue weighted by molar-refractivity contribution is 5.93. The second kappa shape index (κ2) is 43.1. The van der Waals surface area contributed by atoms with Crippen LogP contribution in [0.4, 0.5) is 70.2 Å². The van der Waals surface area contributed by atoms with Crippen molar-refractivity contribution in [1.29, 1.82) is 0 Å². The Morgan fingerprint density at radius 3 is 0.835 bits per heavy atom. The van der Waals surface area contributed by atoms with E-state index in [1.807, 2.05) is 177 Å². The molecule has 0 spiro atoms. The molecule has 0 atom stereocenters. The van der Waals surface area contributed by atoms with E-state index in [0.29, 0.717) is 88.0 Å². The molecule has 0 unspecified atom stereocenters. The van der Waals surface area contributed by atoms with Gasteiger partial charge in [0.2, 0.25) is 0 Å². The van der Waals surface area contributed by atoms with Crippen LogP contribution in [-0.2, 0) is 40.8 Å². The van der Waals surface area contributed by atoms with E-state index in [9.17, 15) is 99.0 Å². The van der Waals surface area contributed by atoms with Crippen molar-refractivity contribution >= 4 is 35.8 Å². The zero-order valence-corrected chi connectivity index (χ0v) is 85.9. The minimum Gasteiger partial charge on any atom is -0.459 e. The lowest BCUT2D eigenvalue weighted by molar-refractivity contribution is -0.138. The summed E-state index contributed by atoms with van der Waals surface area (Å²) >= 11 is 0. The van der Waals surface area contributed by atoms with Gasteiger partial charge in [0.15, 0.2) is 58.2 Å². The molecule has 139 heavy (non-hydrogen) atoms. The molecule has 12 rings (SSSR count). The van der Waals surface area contributed by atoms with Crippen LogP contribution in [0, 0.1) is 65.1 Å². The summed E-state index contributed by atoms with van der Waals surface area (Å²) in [6.45, 7) is 51.5. The van der Waals surface area contributed by atoms with Crippen LogP contribution in [0.1, 0.15) is 322 Å². The van der Waals surface area contributed by atoms with Gasteiger partial charge < -0.3 is 28.4 Å². The van der Waals surface area contributed by atoms with Crippen LogP contribution in [0.2, 0.25) is 0 Å². The van der Waals surface area contributed by atoms with Crippen LogP contribution in [0.25, 0.3) is 0 Å². The Balaban J connectivity index is 0.000000227. The maximum Gasteiger partial charge on any atom is 0.417 e. The first-order chi connectivity index (χ1) is 63.0. The van der Waals surface area contributed by atoms with Gasteiger partial charge in [-0.1, -0.05) is 35.9 Å². The number of hydrogen-bond acceptors (Lipinski definition) is 18. The van der Waals surface area contributed by atoms with Gasteiger partial charge in [-0.15, -0.1) is 0 Å². The highest BCUT2D eigenvalue weighted by Crippen LogP contribution is 2.46. The largest absolute Gasteiger partial charge is 0.459 e. The second-order valence-corrected chi connectivity index (χ2v) is 45.0. The van der Waals surface area contributed by atoms with Gasteiger partial charge in [0, 0.05) is 144 Å². The number of ether oxygens (including phenoxy) is 6. The smallest absolute Gasteiger partial charge is 0.417 e. The third kappa shape index (κ3) is 29.1. The molecule has 18 nitrogen and oxygen atoms in total. The van der Waals surface area contributed by atoms with Crippen LogP contribution < -0.4 is 0 Å². The molecule has 6 aromatic carbocycles. The lowest BCUT2D eigenvalue weighted by atomic mass is 9.78. The van der Waals surface area contributed by atoms with Gasteiger partial charge in [-0.2, -0.15) is 26.3 Å². The average molecular weight is 1980 g/mol. The van der Waals surface area contributed by atoms with E-state index in [4.69, 9.17) is 28.4 Å². The predicted molar refractivity (Wildman–Crippen MR) is 499 cm³/mol. The number of hydrogen-bond donors (Lipinski definition) is 0. The number of nitrogens with zero attached hydrogens (tertiary/aromatic N) is 6. The number of alkyl halides is 6. The predicted octanol–water partition coefficient (Wildman–Crippen LogP) is 24.7. The van der Waals surface area contributed by atoms with Crippen molar-refractivity contribution in [2.45, 2.75) is 366 Å². The van der Waals surface area contributed by atoms with Crippen molar-refractivity contribution in [1.82, 2.24) is 29.4 Å². The number of piperidine rings is 6. The molecule has 0 bridgehead atoms. The Morgan fingerprint density at radius 1 is 0.252 bits per heavy atom. The van der Waals surface area contributed by atoms with Crippen LogP contribution in [0.5, 0.6) is 0 Å². The molecule has 34 heteroatoms. The Kier molecular flexibility index (Phi) is 36.2. The Hall–Kier alpha value is -9.22. The van der Waals surface area contributed by atoms with Gasteiger partial charge in [0.25, 0.3) is 0 Å². The van der Waals surface area contributed by atoms with Gasteiger partial charge in [-0.25, -0.2) is 72.7 Å². The zero-order valence-electron chi connectivity index (χ0n) is 85.9. The fraction of sp³-hybridized carbons (Fsp3) is 0.600. The van der Waals surface area contributed by atoms with Crippen molar-refractivity contribution < 1.29 is 127 Å². The number of carbonyl (C=O) groups excluding carboxylic acids is 6. The number of rotatable bonds is 12. The Morgan fingerprint density at radius 2 is 0.518 bits per heavy atom. The van der Waals surface area contributed by atoms with Gasteiger partial charge in [0.1, 0.15) is 42.2 Å². The molecular weight excluding hydrogens is 1840 g/mol. The normalized spacial score (nSPS) is 21.4. The maximum absolute atomic E-state index is 13.7. The standard InChI is InChI=1S/2C18H24F3NO2.C18H27NO2.C17H21F4NO2.2C17H22F3NO2/c1-16(2)10-14(11-17(3,4)22(16)5)24-15(23)12-7-6-8-13(9-12)18(19,20)21;1-16(2)10-12(11-17(3,4)22(16)5)24-15(23)13-8-6-7-9-14(13)18(19,20)21;1-13-7-9-14(10-8-13)16(20)21-15-11-17(2,3)19(6)18(4,5)12-15;1-16(2)7-9(8-17(3,4)22(16)5)24-15(23)10-6-11(18)13(20)14(21)12(10)19;1-16(2)8-11(9-17(3,4)21(16)5)23-15(22)10-6-12(18)14(20)13(19)7-10;1-16(2)8-10(9-17(3,4)21(16)5)23-15(22)11-6-7-12(18)14(20)13(11)19/h6-9,14H,10-11H2,1-5H3;6-9,12H,10-11H2,1-5H3;7-10,15H,11-12H2,1-6H3;6,9H,7-8H2,1-5H3;6-7,11H,8-9H2,1-5H3;6-7,10H,8-9H2,1-5H3. The number of likely N-dealkylation sites (tertiary alicyclic amines) is 6. The van der Waals surface area contributed by atoms with Crippen molar-refractivity contribution in [3.63, 3.8) is 0 Å². The topological polar surface area (TPSA) is 177 Å². The Labute approximate surface area is 808 Å². The molecule has 0 N–H and O–H groups in total. The number of carbonyl (C=O) groups is 6. The molecule has 6 aromatic rings. The average Bonchev–Trinajstić information content (AvgIpc) is 0.773. The molecule has 0 aliphatic carbocycles. The van der Waals surface area contributed by atoms with Crippen LogP contribution >= 0.6 is 0 Å². The van der Waals surface area contributed by atoms with Crippen LogP contribution in [0.3, 0.4) is 0 Å². The third-order valence-corrected chi connectivity index (χ3v) is 29.2. The molecular formula is C105H140F16N6O12. The minimum atomic E-state index is -4.58. The Bertz CT molecular complexity index is 5250. The van der Waals surface area contributed by atoms with Crippen molar-refractivity contribution in [3.05, 3.63) is 211 Å². The monoisotopic (exact) mass is 1980 g/mol. The van der Waals surface area contributed by atoms with Crippen molar-refractivity contribution in [2.24, 2.45) is 0 Å². The summed E-state index contributed by atoms with van der Waals surface area (Å²) in [7, 11) is 12.2. The molecule has 774 valence electrons. The number of aryl methyl sites for hydroxylation is 1. The molecule has 0 amide bonds. The van der Waals surface area contributed by atoms with E-state index in [2.05, 4.69) is 91.8 Å². The van der Waals surface area contributed by atoms with Gasteiger partial charge >= 0.3 is 48.2 Å². The summed E-state index contributed by atoms with van der Waals surface area (Å²) in [5, 5.41) is 0. The summed E-state index contributed by atoms with van der Waals surface area (Å²) in [5.74, 6) is -21.1. The first-order valence-corrected chi connectivity index (χ1v) is 46.3. The fourth-order valence-corrected chi connectivity index (χ4v) is 20.0.